The molecule has 1 aliphatic heterocycles. The van der Waals surface area contributed by atoms with Crippen LogP contribution in [0.1, 0.15) is 32.7 Å². The molecule has 0 atom stereocenters. The van der Waals surface area contributed by atoms with Crippen LogP contribution in [-0.4, -0.2) is 23.3 Å². The standard InChI is InChI=1S/C14H19BN2O2S/c1-13(2)14(3,4)19-15(18-13)9-5-6-11-10(7-9)17-12(8-16)20-11/h5-7H,8,16H2,1-4H3. The van der Waals surface area contributed by atoms with E-state index in [9.17, 15) is 0 Å². The normalized spacial score (nSPS) is 20.8. The molecule has 106 valence electrons. The molecule has 2 N–H and O–H groups in total. The van der Waals surface area contributed by atoms with Crippen LogP contribution in [0.2, 0.25) is 0 Å². The molecule has 1 fully saturated rings. The van der Waals surface area contributed by atoms with Crippen LogP contribution in [-0.2, 0) is 15.9 Å². The molecule has 6 heteroatoms. The molecule has 2 aromatic rings. The molecule has 0 amide bonds. The number of fused-ring (bicyclic) bond motifs is 1. The van der Waals surface area contributed by atoms with Gasteiger partial charge in [-0.3, -0.25) is 0 Å². The Kier molecular flexibility index (Phi) is 3.17. The topological polar surface area (TPSA) is 57.4 Å². The van der Waals surface area contributed by atoms with Gasteiger partial charge in [-0.2, -0.15) is 0 Å². The van der Waals surface area contributed by atoms with Crippen LogP contribution in [0.5, 0.6) is 0 Å². The maximum absolute atomic E-state index is 6.06. The van der Waals surface area contributed by atoms with Gasteiger partial charge in [-0.1, -0.05) is 6.07 Å². The SMILES string of the molecule is CC1(C)OB(c2ccc3sc(CN)nc3c2)OC1(C)C. The van der Waals surface area contributed by atoms with Crippen LogP contribution < -0.4 is 11.2 Å². The summed E-state index contributed by atoms with van der Waals surface area (Å²) in [4.78, 5) is 4.52. The van der Waals surface area contributed by atoms with Crippen molar-refractivity contribution < 1.29 is 9.31 Å². The molecule has 1 saturated heterocycles. The van der Waals surface area contributed by atoms with E-state index in [1.807, 2.05) is 12.1 Å². The number of hydrogen-bond acceptors (Lipinski definition) is 5. The van der Waals surface area contributed by atoms with Crippen LogP contribution in [0.3, 0.4) is 0 Å². The van der Waals surface area contributed by atoms with E-state index in [2.05, 4.69) is 38.7 Å². The number of thiazole rings is 1. The Balaban J connectivity index is 1.95. The minimum atomic E-state index is -0.340. The van der Waals surface area contributed by atoms with Gasteiger partial charge in [0.25, 0.3) is 0 Å². The maximum atomic E-state index is 6.06. The minimum Gasteiger partial charge on any atom is -0.399 e. The second-order valence-corrected chi connectivity index (χ2v) is 7.24. The molecular weight excluding hydrogens is 271 g/mol. The average molecular weight is 290 g/mol. The molecule has 0 aliphatic carbocycles. The van der Waals surface area contributed by atoms with Gasteiger partial charge in [-0.25, -0.2) is 4.98 Å². The monoisotopic (exact) mass is 290 g/mol. The number of nitrogens with two attached hydrogens (primary N) is 1. The van der Waals surface area contributed by atoms with E-state index in [-0.39, 0.29) is 18.3 Å². The van der Waals surface area contributed by atoms with Crippen LogP contribution in [0.4, 0.5) is 0 Å². The van der Waals surface area contributed by atoms with Gasteiger partial charge < -0.3 is 15.0 Å². The predicted octanol–water partition coefficient (Wildman–Crippen LogP) is 2.05. The fraction of sp³-hybridized carbons (Fsp3) is 0.500. The summed E-state index contributed by atoms with van der Waals surface area (Å²) in [6.07, 6.45) is 0. The number of hydrogen-bond donors (Lipinski definition) is 1. The lowest BCUT2D eigenvalue weighted by molar-refractivity contribution is 0.00578. The molecule has 0 unspecified atom stereocenters. The van der Waals surface area contributed by atoms with Gasteiger partial charge >= 0.3 is 7.12 Å². The zero-order chi connectivity index (χ0) is 14.5. The Labute approximate surface area is 123 Å². The second-order valence-electron chi connectivity index (χ2n) is 6.13. The van der Waals surface area contributed by atoms with E-state index in [1.54, 1.807) is 11.3 Å². The van der Waals surface area contributed by atoms with Crippen molar-refractivity contribution >= 4 is 34.1 Å². The smallest absolute Gasteiger partial charge is 0.399 e. The minimum absolute atomic E-state index is 0.322. The van der Waals surface area contributed by atoms with E-state index in [0.29, 0.717) is 6.54 Å². The second kappa shape index (κ2) is 4.53. The molecule has 3 rings (SSSR count). The molecule has 0 radical (unpaired) electrons. The summed E-state index contributed by atoms with van der Waals surface area (Å²) in [5, 5.41) is 0.950. The Morgan fingerprint density at radius 1 is 1.20 bits per heavy atom. The van der Waals surface area contributed by atoms with Crippen molar-refractivity contribution in [3.8, 4) is 0 Å². The fourth-order valence-corrected chi connectivity index (χ4v) is 3.03. The molecule has 0 saturated carbocycles. The zero-order valence-electron chi connectivity index (χ0n) is 12.3. The predicted molar refractivity (Wildman–Crippen MR) is 83.2 cm³/mol. The maximum Gasteiger partial charge on any atom is 0.494 e. The fourth-order valence-electron chi connectivity index (χ4n) is 2.21. The summed E-state index contributed by atoms with van der Waals surface area (Å²) in [6.45, 7) is 8.70. The van der Waals surface area contributed by atoms with E-state index in [0.717, 1.165) is 20.7 Å². The first-order valence-corrected chi connectivity index (χ1v) is 7.59. The van der Waals surface area contributed by atoms with Crippen molar-refractivity contribution in [2.45, 2.75) is 45.4 Å². The molecule has 1 aromatic heterocycles. The molecule has 1 aliphatic rings. The third-order valence-corrected chi connectivity index (χ3v) is 5.21. The number of rotatable bonds is 2. The first-order valence-electron chi connectivity index (χ1n) is 6.77. The van der Waals surface area contributed by atoms with Crippen molar-refractivity contribution in [2.24, 2.45) is 5.73 Å². The summed E-state index contributed by atoms with van der Waals surface area (Å²) in [6, 6.07) is 6.14. The van der Waals surface area contributed by atoms with Gasteiger partial charge in [0.2, 0.25) is 0 Å². The molecule has 0 bridgehead atoms. The van der Waals surface area contributed by atoms with Gasteiger partial charge in [-0.15, -0.1) is 11.3 Å². The van der Waals surface area contributed by atoms with Crippen LogP contribution in [0.25, 0.3) is 10.2 Å². The highest BCUT2D eigenvalue weighted by atomic mass is 32.1. The van der Waals surface area contributed by atoms with E-state index >= 15 is 0 Å². The number of aromatic nitrogens is 1. The molecular formula is C14H19BN2O2S. The van der Waals surface area contributed by atoms with Gasteiger partial charge in [0.05, 0.1) is 21.4 Å². The lowest BCUT2D eigenvalue weighted by Gasteiger charge is -2.32. The summed E-state index contributed by atoms with van der Waals surface area (Å²) in [5.41, 5.74) is 6.96. The van der Waals surface area contributed by atoms with Crippen molar-refractivity contribution in [2.75, 3.05) is 0 Å². The van der Waals surface area contributed by atoms with Gasteiger partial charge in [0.1, 0.15) is 5.01 Å². The highest BCUT2D eigenvalue weighted by Crippen LogP contribution is 2.36. The highest BCUT2D eigenvalue weighted by Gasteiger charge is 2.51. The van der Waals surface area contributed by atoms with Crippen LogP contribution in [0.15, 0.2) is 18.2 Å². The molecule has 1 aromatic carbocycles. The molecule has 20 heavy (non-hydrogen) atoms. The van der Waals surface area contributed by atoms with Crippen molar-refractivity contribution in [1.29, 1.82) is 0 Å². The summed E-state index contributed by atoms with van der Waals surface area (Å²) < 4.78 is 13.3. The average Bonchev–Trinajstić information content (AvgIpc) is 2.87. The quantitative estimate of drug-likeness (QED) is 0.860. The first kappa shape index (κ1) is 14.0. The van der Waals surface area contributed by atoms with E-state index in [4.69, 9.17) is 15.0 Å². The zero-order valence-corrected chi connectivity index (χ0v) is 13.1. The van der Waals surface area contributed by atoms with Crippen LogP contribution in [0, 0.1) is 0 Å². The lowest BCUT2D eigenvalue weighted by atomic mass is 9.79. The van der Waals surface area contributed by atoms with E-state index < -0.39 is 0 Å². The lowest BCUT2D eigenvalue weighted by Crippen LogP contribution is -2.41. The summed E-state index contributed by atoms with van der Waals surface area (Å²) in [7, 11) is -0.340. The number of nitrogens with zero attached hydrogens (tertiary/aromatic N) is 1. The molecule has 4 nitrogen and oxygen atoms in total. The summed E-state index contributed by atoms with van der Waals surface area (Å²) in [5.74, 6) is 0. The Morgan fingerprint density at radius 3 is 2.45 bits per heavy atom. The number of benzene rings is 1. The first-order chi connectivity index (χ1) is 9.32. The van der Waals surface area contributed by atoms with Gasteiger partial charge in [0, 0.05) is 6.54 Å². The Bertz CT molecular complexity index is 638. The Morgan fingerprint density at radius 2 is 1.85 bits per heavy atom. The van der Waals surface area contributed by atoms with E-state index in [1.165, 1.54) is 0 Å². The van der Waals surface area contributed by atoms with Gasteiger partial charge in [0.15, 0.2) is 0 Å². The molecule has 0 spiro atoms. The van der Waals surface area contributed by atoms with Crippen molar-refractivity contribution in [3.05, 3.63) is 23.2 Å². The van der Waals surface area contributed by atoms with Crippen LogP contribution >= 0.6 is 11.3 Å². The summed E-state index contributed by atoms with van der Waals surface area (Å²) >= 11 is 1.63. The third-order valence-electron chi connectivity index (χ3n) is 4.16. The van der Waals surface area contributed by atoms with Gasteiger partial charge in [-0.05, 0) is 45.3 Å². The third kappa shape index (κ3) is 2.17. The van der Waals surface area contributed by atoms with Crippen molar-refractivity contribution in [3.63, 3.8) is 0 Å². The molecule has 2 heterocycles. The van der Waals surface area contributed by atoms with Crippen molar-refractivity contribution in [1.82, 2.24) is 4.98 Å². The highest BCUT2D eigenvalue weighted by molar-refractivity contribution is 7.18. The largest absolute Gasteiger partial charge is 0.494 e. The Hall–Kier alpha value is -0.945.